The van der Waals surface area contributed by atoms with Crippen LogP contribution in [0, 0.1) is 0 Å². The molecule has 4 aliphatic heterocycles. The molecule has 210 valence electrons. The van der Waals surface area contributed by atoms with E-state index in [4.69, 9.17) is 0 Å². The topological polar surface area (TPSA) is 0 Å². The zero-order valence-corrected chi connectivity index (χ0v) is 31.4. The summed E-state index contributed by atoms with van der Waals surface area (Å²) in [6, 6.07) is 0. The van der Waals surface area contributed by atoms with Gasteiger partial charge >= 0.3 is 0 Å². The maximum Gasteiger partial charge on any atom is 0.0663 e. The average Bonchev–Trinajstić information content (AvgIpc) is 3.77. The van der Waals surface area contributed by atoms with Crippen molar-refractivity contribution >= 4 is 141 Å². The smallest absolute Gasteiger partial charge is 0.0663 e. The second-order valence-corrected chi connectivity index (χ2v) is 25.9. The first-order chi connectivity index (χ1) is 17.7. The summed E-state index contributed by atoms with van der Waals surface area (Å²) in [4.78, 5) is 0. The number of rotatable bonds is 21. The highest BCUT2D eigenvalue weighted by Crippen LogP contribution is 2.69. The molecule has 0 aliphatic carbocycles. The van der Waals surface area contributed by atoms with Crippen molar-refractivity contribution < 1.29 is 0 Å². The molecule has 0 aromatic rings. The molecule has 4 fully saturated rings. The van der Waals surface area contributed by atoms with Crippen molar-refractivity contribution in [1.29, 1.82) is 0 Å². The van der Waals surface area contributed by atoms with Gasteiger partial charge in [0, 0.05) is 50.3 Å². The molecule has 0 bridgehead atoms. The zero-order valence-electron chi connectivity index (χ0n) is 21.6. The largest absolute Gasteiger partial charge is 0.161 e. The normalized spacial score (nSPS) is 37.2. The molecule has 6 unspecified atom stereocenters. The highest BCUT2D eigenvalue weighted by atomic mass is 32.3. The van der Waals surface area contributed by atoms with Crippen LogP contribution >= 0.6 is 141 Å². The first-order valence-electron chi connectivity index (χ1n) is 13.3. The van der Waals surface area contributed by atoms with Gasteiger partial charge < -0.3 is 0 Å². The predicted molar refractivity (Wildman–Crippen MR) is 200 cm³/mol. The minimum Gasteiger partial charge on any atom is -0.161 e. The van der Waals surface area contributed by atoms with E-state index in [2.05, 4.69) is 162 Å². The molecule has 0 nitrogen and oxygen atoms in total. The fourth-order valence-corrected chi connectivity index (χ4v) is 24.4. The summed E-state index contributed by atoms with van der Waals surface area (Å²) in [6.07, 6.45) is 3.95. The molecule has 4 rings (SSSR count). The third-order valence-electron chi connectivity index (χ3n) is 5.63. The highest BCUT2D eigenvalue weighted by Gasteiger charge is 2.57. The van der Waals surface area contributed by atoms with Crippen molar-refractivity contribution in [2.24, 2.45) is 0 Å². The van der Waals surface area contributed by atoms with Crippen LogP contribution < -0.4 is 0 Å². The fraction of sp³-hybridized carbons (Fsp3) is 1.00. The van der Waals surface area contributed by atoms with E-state index in [-0.39, 0.29) is 0 Å². The second-order valence-electron chi connectivity index (χ2n) is 8.87. The lowest BCUT2D eigenvalue weighted by atomic mass is 10.5. The monoisotopic (exact) mass is 714 g/mol. The van der Waals surface area contributed by atoms with Crippen molar-refractivity contribution in [1.82, 2.24) is 0 Å². The van der Waals surface area contributed by atoms with Gasteiger partial charge in [-0.15, -0.1) is 106 Å². The number of hydrogen-bond acceptors (Lipinski definition) is 12. The van der Waals surface area contributed by atoms with E-state index in [0.29, 0.717) is 0 Å². The van der Waals surface area contributed by atoms with Crippen LogP contribution in [0.15, 0.2) is 0 Å². The maximum atomic E-state index is 2.38. The van der Waals surface area contributed by atoms with Crippen LogP contribution in [-0.4, -0.2) is 95.0 Å². The Hall–Kier alpha value is 4.20. The highest BCUT2D eigenvalue weighted by molar-refractivity contribution is 8.37. The van der Waals surface area contributed by atoms with E-state index in [1.807, 2.05) is 0 Å². The van der Waals surface area contributed by atoms with Gasteiger partial charge in [0.15, 0.2) is 0 Å². The molecule has 12 heteroatoms. The van der Waals surface area contributed by atoms with Crippen molar-refractivity contribution in [2.75, 3.05) is 51.8 Å². The molecule has 0 N–H and O–H groups in total. The van der Waals surface area contributed by atoms with Crippen LogP contribution in [0.5, 0.6) is 0 Å². The molecule has 0 aromatic heterocycles. The summed E-state index contributed by atoms with van der Waals surface area (Å²) >= 11 is 27.3. The Labute approximate surface area is 273 Å². The molecule has 4 saturated heterocycles. The van der Waals surface area contributed by atoms with E-state index < -0.39 is 0 Å². The van der Waals surface area contributed by atoms with Crippen molar-refractivity contribution in [3.63, 3.8) is 0 Å². The van der Waals surface area contributed by atoms with Gasteiger partial charge in [-0.2, -0.15) is 35.3 Å². The summed E-state index contributed by atoms with van der Waals surface area (Å²) in [5.41, 5.74) is 0. The van der Waals surface area contributed by atoms with Crippen LogP contribution in [-0.2, 0) is 0 Å². The molecule has 4 heterocycles. The van der Waals surface area contributed by atoms with Gasteiger partial charge in [-0.25, -0.2) is 0 Å². The molecule has 0 saturated carbocycles. The lowest BCUT2D eigenvalue weighted by Gasteiger charge is -2.33. The van der Waals surface area contributed by atoms with Gasteiger partial charge in [0.05, 0.1) is 27.5 Å². The Balaban J connectivity index is 1.21. The Morgan fingerprint density at radius 3 is 0.972 bits per heavy atom. The summed E-state index contributed by atoms with van der Waals surface area (Å²) < 4.78 is 5.11. The first-order valence-corrected chi connectivity index (χ1v) is 25.5. The van der Waals surface area contributed by atoms with Crippen molar-refractivity contribution in [2.45, 2.75) is 83.3 Å². The Bertz CT molecular complexity index is 525. The van der Waals surface area contributed by atoms with Gasteiger partial charge in [-0.1, -0.05) is 20.8 Å². The minimum atomic E-state index is 0.825. The Morgan fingerprint density at radius 1 is 0.389 bits per heavy atom. The average molecular weight is 715 g/mol. The summed E-state index contributed by atoms with van der Waals surface area (Å²) in [5.74, 6) is 12.1. The van der Waals surface area contributed by atoms with E-state index in [9.17, 15) is 0 Å². The molecule has 0 spiro atoms. The van der Waals surface area contributed by atoms with E-state index >= 15 is 0 Å². The predicted octanol–water partition coefficient (Wildman–Crippen LogP) is 10.1. The second kappa shape index (κ2) is 18.8. The third-order valence-corrected chi connectivity index (χ3v) is 25.6. The zero-order chi connectivity index (χ0) is 25.2. The Morgan fingerprint density at radius 2 is 0.694 bits per heavy atom. The van der Waals surface area contributed by atoms with E-state index in [1.54, 1.807) is 0 Å². The maximum absolute atomic E-state index is 2.38. The van der Waals surface area contributed by atoms with Gasteiger partial charge in [-0.05, 0) is 36.5 Å². The summed E-state index contributed by atoms with van der Waals surface area (Å²) in [7, 11) is 0. The van der Waals surface area contributed by atoms with Gasteiger partial charge in [0.1, 0.15) is 0 Å². The molecule has 0 amide bonds. The van der Waals surface area contributed by atoms with Crippen LogP contribution in [0.25, 0.3) is 0 Å². The standard InChI is InChI=1S/C24H42S12/c1-4-7-25-10-13-28-19-16(31-19)22-34-23(17-20(32-17)29-14-11-26-8-5-2)36-24(35-22)18-21(33-18)30-15-12-27-9-6-3/h16-24H,4-15H2,1-3H3. The van der Waals surface area contributed by atoms with Crippen molar-refractivity contribution in [3.05, 3.63) is 0 Å². The SMILES string of the molecule is CCCSCCSC1SC1C1SC(C2SC2SCCSCCC)SC(C2SC2SCCSCCC)S1. The first kappa shape index (κ1) is 33.1. The molecule has 4 aliphatic rings. The van der Waals surface area contributed by atoms with Gasteiger partial charge in [0.25, 0.3) is 0 Å². The molecule has 0 radical (unpaired) electrons. The van der Waals surface area contributed by atoms with Crippen molar-refractivity contribution in [3.8, 4) is 0 Å². The molecular weight excluding hydrogens is 673 g/mol. The summed E-state index contributed by atoms with van der Waals surface area (Å²) in [5, 5.41) is 2.69. The molecule has 0 aromatic carbocycles. The fourth-order valence-electron chi connectivity index (χ4n) is 3.67. The molecule has 6 atom stereocenters. The van der Waals surface area contributed by atoms with E-state index in [0.717, 1.165) is 43.2 Å². The summed E-state index contributed by atoms with van der Waals surface area (Å²) in [6.45, 7) is 6.90. The number of hydrogen-bond donors (Lipinski definition) is 0. The van der Waals surface area contributed by atoms with Crippen LogP contribution in [0.4, 0.5) is 0 Å². The Kier molecular flexibility index (Phi) is 17.3. The quantitative estimate of drug-likeness (QED) is 0.0821. The van der Waals surface area contributed by atoms with Crippen LogP contribution in [0.1, 0.15) is 40.0 Å². The molecule has 36 heavy (non-hydrogen) atoms. The van der Waals surface area contributed by atoms with Crippen LogP contribution in [0.3, 0.4) is 0 Å². The minimum absolute atomic E-state index is 0.825. The van der Waals surface area contributed by atoms with Gasteiger partial charge in [0.2, 0.25) is 0 Å². The van der Waals surface area contributed by atoms with Gasteiger partial charge in [-0.3, -0.25) is 0 Å². The lowest BCUT2D eigenvalue weighted by molar-refractivity contribution is 1.08. The van der Waals surface area contributed by atoms with E-state index in [1.165, 1.54) is 71.0 Å². The third kappa shape index (κ3) is 11.7. The van der Waals surface area contributed by atoms with Crippen LogP contribution in [0.2, 0.25) is 0 Å². The molecular formula is C24H42S12. The lowest BCUT2D eigenvalue weighted by Crippen LogP contribution is -2.28. The number of thioether (sulfide) groups is 12.